The number of fused-ring (bicyclic) bond motifs is 2. The Balaban J connectivity index is 1.95. The lowest BCUT2D eigenvalue weighted by Gasteiger charge is -2.49. The summed E-state index contributed by atoms with van der Waals surface area (Å²) >= 11 is 0. The van der Waals surface area contributed by atoms with Crippen LogP contribution < -0.4 is 0 Å². The first-order valence-corrected chi connectivity index (χ1v) is 8.62. The first kappa shape index (κ1) is 16.1. The highest BCUT2D eigenvalue weighted by Gasteiger charge is 2.63. The molecule has 0 saturated carbocycles. The van der Waals surface area contributed by atoms with Crippen molar-refractivity contribution < 1.29 is 20.4 Å². The average Bonchev–Trinajstić information content (AvgIpc) is 2.85. The summed E-state index contributed by atoms with van der Waals surface area (Å²) < 4.78 is 0. The van der Waals surface area contributed by atoms with Gasteiger partial charge in [-0.2, -0.15) is 0 Å². The highest BCUT2D eigenvalue weighted by Crippen LogP contribution is 2.67. The van der Waals surface area contributed by atoms with Gasteiger partial charge in [-0.25, -0.2) is 0 Å². The molecule has 0 radical (unpaired) electrons. The molecule has 0 saturated heterocycles. The van der Waals surface area contributed by atoms with E-state index in [9.17, 15) is 20.4 Å². The van der Waals surface area contributed by atoms with E-state index in [2.05, 4.69) is 27.7 Å². The molecule has 0 atom stereocenters. The highest BCUT2D eigenvalue weighted by atomic mass is 16.3. The standard InChI is InChI=1S/C21H24O4/c1-19(2)13-7-17(24)15(22)5-11(13)9-21(19)10-12-6-16(23)18(25)8-14(12)20(21,3)4/h5-8,22-25H,9-10H2,1-4H3. The third kappa shape index (κ3) is 1.72. The smallest absolute Gasteiger partial charge is 0.157 e. The van der Waals surface area contributed by atoms with E-state index >= 15 is 0 Å². The summed E-state index contributed by atoms with van der Waals surface area (Å²) in [5.74, 6) is -0.356. The topological polar surface area (TPSA) is 80.9 Å². The Kier molecular flexibility index (Phi) is 2.85. The van der Waals surface area contributed by atoms with Gasteiger partial charge in [-0.05, 0) is 75.6 Å². The summed E-state index contributed by atoms with van der Waals surface area (Å²) in [4.78, 5) is 0. The monoisotopic (exact) mass is 340 g/mol. The van der Waals surface area contributed by atoms with Gasteiger partial charge in [0.05, 0.1) is 0 Å². The average molecular weight is 340 g/mol. The third-order valence-electron chi connectivity index (χ3n) is 7.12. The number of hydrogen-bond donors (Lipinski definition) is 4. The van der Waals surface area contributed by atoms with Crippen LogP contribution in [0.1, 0.15) is 49.9 Å². The molecule has 4 rings (SSSR count). The van der Waals surface area contributed by atoms with Crippen LogP contribution in [0.2, 0.25) is 0 Å². The Morgan fingerprint density at radius 1 is 0.600 bits per heavy atom. The molecule has 0 unspecified atom stereocenters. The molecule has 0 fully saturated rings. The van der Waals surface area contributed by atoms with Crippen LogP contribution >= 0.6 is 0 Å². The molecule has 25 heavy (non-hydrogen) atoms. The minimum Gasteiger partial charge on any atom is -0.504 e. The van der Waals surface area contributed by atoms with Crippen LogP contribution in [0.15, 0.2) is 24.3 Å². The predicted octanol–water partition coefficient (Wildman–Crippen LogP) is 3.86. The molecule has 4 N–H and O–H groups in total. The van der Waals surface area contributed by atoms with Crippen molar-refractivity contribution in [1.29, 1.82) is 0 Å². The van der Waals surface area contributed by atoms with Gasteiger partial charge < -0.3 is 20.4 Å². The summed E-state index contributed by atoms with van der Waals surface area (Å²) in [5.41, 5.74) is 3.53. The molecule has 0 aromatic heterocycles. The van der Waals surface area contributed by atoms with E-state index in [1.54, 1.807) is 24.3 Å². The van der Waals surface area contributed by atoms with E-state index in [1.165, 1.54) is 0 Å². The van der Waals surface area contributed by atoms with Gasteiger partial charge in [0.1, 0.15) is 0 Å². The summed E-state index contributed by atoms with van der Waals surface area (Å²) in [6.45, 7) is 8.73. The summed E-state index contributed by atoms with van der Waals surface area (Å²) in [7, 11) is 0. The maximum absolute atomic E-state index is 10.0. The Morgan fingerprint density at radius 3 is 1.28 bits per heavy atom. The van der Waals surface area contributed by atoms with Crippen LogP contribution in [0.5, 0.6) is 23.0 Å². The number of rotatable bonds is 0. The van der Waals surface area contributed by atoms with Crippen molar-refractivity contribution in [1.82, 2.24) is 0 Å². The molecule has 0 amide bonds. The molecule has 2 aromatic carbocycles. The van der Waals surface area contributed by atoms with Crippen molar-refractivity contribution in [3.05, 3.63) is 46.5 Å². The zero-order valence-corrected chi connectivity index (χ0v) is 15.0. The molecule has 0 bridgehead atoms. The van der Waals surface area contributed by atoms with E-state index in [4.69, 9.17) is 0 Å². The highest BCUT2D eigenvalue weighted by molar-refractivity contribution is 5.59. The number of phenolic OH excluding ortho intramolecular Hbond substituents is 4. The number of hydrogen-bond acceptors (Lipinski definition) is 4. The Bertz CT molecular complexity index is 833. The SMILES string of the molecule is CC1(C)c2cc(O)c(O)cc2CC12Cc1cc(O)c(O)cc1C2(C)C. The second kappa shape index (κ2) is 4.43. The molecular formula is C21H24O4. The fourth-order valence-electron chi connectivity index (χ4n) is 5.59. The normalized spacial score (nSPS) is 21.3. The largest absolute Gasteiger partial charge is 0.504 e. The molecule has 0 heterocycles. The van der Waals surface area contributed by atoms with E-state index in [0.717, 1.165) is 35.1 Å². The maximum Gasteiger partial charge on any atom is 0.157 e. The first-order chi connectivity index (χ1) is 11.5. The summed E-state index contributed by atoms with van der Waals surface area (Å²) in [5, 5.41) is 39.9. The van der Waals surface area contributed by atoms with Crippen LogP contribution in [0.3, 0.4) is 0 Å². The van der Waals surface area contributed by atoms with Gasteiger partial charge in [0, 0.05) is 0 Å². The second-order valence-electron chi connectivity index (χ2n) is 8.68. The predicted molar refractivity (Wildman–Crippen MR) is 95.4 cm³/mol. The van der Waals surface area contributed by atoms with Crippen molar-refractivity contribution in [2.24, 2.45) is 5.41 Å². The number of phenols is 4. The molecule has 2 aromatic rings. The molecule has 132 valence electrons. The zero-order chi connectivity index (χ0) is 18.4. The molecule has 4 nitrogen and oxygen atoms in total. The van der Waals surface area contributed by atoms with E-state index < -0.39 is 0 Å². The zero-order valence-electron chi connectivity index (χ0n) is 15.0. The molecule has 1 spiro atoms. The Morgan fingerprint density at radius 2 is 0.920 bits per heavy atom. The minimum absolute atomic E-state index is 0.0878. The number of benzene rings is 2. The molecule has 0 aliphatic heterocycles. The van der Waals surface area contributed by atoms with Crippen LogP contribution in [-0.4, -0.2) is 20.4 Å². The second-order valence-corrected chi connectivity index (χ2v) is 8.68. The maximum atomic E-state index is 10.0. The van der Waals surface area contributed by atoms with Gasteiger partial charge in [-0.3, -0.25) is 0 Å². The lowest BCUT2D eigenvalue weighted by atomic mass is 9.54. The van der Waals surface area contributed by atoms with E-state index in [0.29, 0.717) is 0 Å². The van der Waals surface area contributed by atoms with Crippen molar-refractivity contribution in [3.63, 3.8) is 0 Å². The van der Waals surface area contributed by atoms with Gasteiger partial charge in [0.15, 0.2) is 23.0 Å². The molecule has 4 heteroatoms. The lowest BCUT2D eigenvalue weighted by molar-refractivity contribution is 0.0848. The van der Waals surface area contributed by atoms with Gasteiger partial charge in [0.25, 0.3) is 0 Å². The summed E-state index contributed by atoms with van der Waals surface area (Å²) in [6, 6.07) is 6.73. The Hall–Kier alpha value is -2.36. The number of aromatic hydroxyl groups is 4. The quantitative estimate of drug-likeness (QED) is 0.549. The van der Waals surface area contributed by atoms with E-state index in [1.807, 2.05) is 0 Å². The first-order valence-electron chi connectivity index (χ1n) is 8.62. The van der Waals surface area contributed by atoms with Crippen molar-refractivity contribution in [2.45, 2.75) is 51.4 Å². The fraction of sp³-hybridized carbons (Fsp3) is 0.429. The van der Waals surface area contributed by atoms with Gasteiger partial charge in [0.2, 0.25) is 0 Å². The van der Waals surface area contributed by atoms with Crippen LogP contribution in [-0.2, 0) is 23.7 Å². The van der Waals surface area contributed by atoms with Crippen LogP contribution in [0.25, 0.3) is 0 Å². The van der Waals surface area contributed by atoms with Crippen LogP contribution in [0.4, 0.5) is 0 Å². The van der Waals surface area contributed by atoms with Crippen molar-refractivity contribution in [2.75, 3.05) is 0 Å². The Labute approximate surface area is 147 Å². The minimum atomic E-state index is -0.249. The van der Waals surface area contributed by atoms with Crippen molar-refractivity contribution >= 4 is 0 Å². The summed E-state index contributed by atoms with van der Waals surface area (Å²) in [6.07, 6.45) is 1.54. The van der Waals surface area contributed by atoms with E-state index in [-0.39, 0.29) is 39.2 Å². The van der Waals surface area contributed by atoms with Gasteiger partial charge in [-0.15, -0.1) is 0 Å². The fourth-order valence-corrected chi connectivity index (χ4v) is 5.59. The van der Waals surface area contributed by atoms with Gasteiger partial charge >= 0.3 is 0 Å². The van der Waals surface area contributed by atoms with Crippen molar-refractivity contribution in [3.8, 4) is 23.0 Å². The lowest BCUT2D eigenvalue weighted by Crippen LogP contribution is -2.49. The molecule has 2 aliphatic rings. The molecular weight excluding hydrogens is 316 g/mol. The third-order valence-corrected chi connectivity index (χ3v) is 7.12. The van der Waals surface area contributed by atoms with Gasteiger partial charge in [-0.1, -0.05) is 27.7 Å². The van der Waals surface area contributed by atoms with Crippen LogP contribution in [0, 0.1) is 5.41 Å². The molecule has 2 aliphatic carbocycles.